The number of fused-ring (bicyclic) bond motifs is 6. The zero-order valence-corrected chi connectivity index (χ0v) is 23.5. The number of methoxy groups -OCH3 is 1. The fourth-order valence-electron chi connectivity index (χ4n) is 5.01. The number of carbonyl (C=O) groups is 1. The number of carbonyl (C=O) groups excluding carboxylic acids is 1. The Morgan fingerprint density at radius 2 is 1.95 bits per heavy atom. The highest BCUT2D eigenvalue weighted by Gasteiger charge is 2.30. The van der Waals surface area contributed by atoms with Gasteiger partial charge in [-0.15, -0.1) is 0 Å². The third-order valence-corrected chi connectivity index (χ3v) is 7.02. The van der Waals surface area contributed by atoms with E-state index in [-0.39, 0.29) is 18.1 Å². The highest BCUT2D eigenvalue weighted by molar-refractivity contribution is 6.30. The molecule has 1 aliphatic rings. The minimum absolute atomic E-state index is 0.126. The van der Waals surface area contributed by atoms with Crippen LogP contribution in [0.25, 0.3) is 32.9 Å². The molecule has 200 valence electrons. The van der Waals surface area contributed by atoms with Gasteiger partial charge in [-0.3, -0.25) is 4.90 Å². The number of hydrogen-bond acceptors (Lipinski definition) is 5. The van der Waals surface area contributed by atoms with Gasteiger partial charge in [0.05, 0.1) is 23.7 Å². The van der Waals surface area contributed by atoms with Crippen LogP contribution in [0.4, 0.5) is 4.79 Å². The average molecular weight is 536 g/mol. The first-order valence-corrected chi connectivity index (χ1v) is 13.3. The number of ether oxygens (including phenoxy) is 3. The predicted octanol–water partition coefficient (Wildman–Crippen LogP) is 7.51. The van der Waals surface area contributed by atoms with Crippen molar-refractivity contribution >= 4 is 39.5 Å². The van der Waals surface area contributed by atoms with Gasteiger partial charge in [-0.2, -0.15) is 0 Å². The number of rotatable bonds is 6. The minimum Gasteiger partial charge on any atom is -0.488 e. The Morgan fingerprint density at radius 1 is 1.16 bits per heavy atom. The monoisotopic (exact) mass is 535 g/mol. The smallest absolute Gasteiger partial charge is 0.410 e. The van der Waals surface area contributed by atoms with Crippen molar-refractivity contribution in [3.63, 3.8) is 0 Å². The molecule has 7 nitrogen and oxygen atoms in total. The van der Waals surface area contributed by atoms with Gasteiger partial charge in [0.2, 0.25) is 0 Å². The van der Waals surface area contributed by atoms with Crippen LogP contribution in [0, 0.1) is 5.92 Å². The Kier molecular flexibility index (Phi) is 7.01. The van der Waals surface area contributed by atoms with Crippen molar-refractivity contribution in [2.75, 3.05) is 20.3 Å². The molecule has 0 spiro atoms. The van der Waals surface area contributed by atoms with Gasteiger partial charge in [0.1, 0.15) is 23.8 Å². The van der Waals surface area contributed by atoms with E-state index in [1.807, 2.05) is 45.9 Å². The summed E-state index contributed by atoms with van der Waals surface area (Å²) in [7, 11) is 1.66. The molecule has 1 aromatic heterocycles. The second kappa shape index (κ2) is 10.1. The van der Waals surface area contributed by atoms with Crippen LogP contribution in [0.15, 0.2) is 42.5 Å². The lowest BCUT2D eigenvalue weighted by Crippen LogP contribution is -2.41. The van der Waals surface area contributed by atoms with Crippen LogP contribution in [0.1, 0.15) is 52.0 Å². The number of halogens is 1. The number of H-pyrrole nitrogens is 1. The molecule has 0 saturated carbocycles. The summed E-state index contributed by atoms with van der Waals surface area (Å²) in [5, 5.41) is 2.79. The Labute approximate surface area is 228 Å². The molecule has 2 heterocycles. The fourth-order valence-corrected chi connectivity index (χ4v) is 5.21. The Morgan fingerprint density at radius 3 is 2.68 bits per heavy atom. The summed E-state index contributed by atoms with van der Waals surface area (Å²) in [6, 6.07) is 13.9. The maximum absolute atomic E-state index is 13.2. The lowest BCUT2D eigenvalue weighted by atomic mass is 9.94. The van der Waals surface area contributed by atoms with E-state index in [1.54, 1.807) is 12.0 Å². The molecule has 2 atom stereocenters. The SMILES string of the molecule is COC[C@H](C)CN(C(=O)OC(C)(C)C)[C@@H](C)c1nc2ccc3cc4c(cc3c2[nH]1)OCc1cc(Cl)ccc1-4. The van der Waals surface area contributed by atoms with E-state index in [1.165, 1.54) is 0 Å². The standard InChI is InChI=1S/C30H34ClN3O4/c1-17(15-36-6)14-34(29(35)38-30(3,4)5)18(2)28-32-25-10-7-19-12-24-22-9-8-21(31)11-20(22)16-37-26(24)13-23(19)27(25)33-28/h7-13,17-18H,14-16H2,1-6H3,(H,32,33)/t17-,18+/m1/s1. The van der Waals surface area contributed by atoms with Crippen LogP contribution >= 0.6 is 11.6 Å². The van der Waals surface area contributed by atoms with Crippen LogP contribution in [0.3, 0.4) is 0 Å². The summed E-state index contributed by atoms with van der Waals surface area (Å²) in [5.74, 6) is 1.65. The van der Waals surface area contributed by atoms with Crippen molar-refractivity contribution in [2.45, 2.75) is 52.9 Å². The van der Waals surface area contributed by atoms with E-state index in [4.69, 9.17) is 30.8 Å². The Hall–Kier alpha value is -3.29. The van der Waals surface area contributed by atoms with Crippen LogP contribution in [-0.4, -0.2) is 46.8 Å². The number of amides is 1. The molecule has 0 radical (unpaired) electrons. The molecule has 38 heavy (non-hydrogen) atoms. The van der Waals surface area contributed by atoms with Crippen molar-refractivity contribution in [3.8, 4) is 16.9 Å². The zero-order valence-electron chi connectivity index (χ0n) is 22.7. The lowest BCUT2D eigenvalue weighted by molar-refractivity contribution is 0.0102. The van der Waals surface area contributed by atoms with Crippen molar-refractivity contribution < 1.29 is 19.0 Å². The van der Waals surface area contributed by atoms with Crippen molar-refractivity contribution in [2.24, 2.45) is 5.92 Å². The maximum Gasteiger partial charge on any atom is 0.410 e. The number of nitrogens with one attached hydrogen (secondary N) is 1. The molecular formula is C30H34ClN3O4. The summed E-state index contributed by atoms with van der Waals surface area (Å²) in [6.07, 6.45) is -0.375. The van der Waals surface area contributed by atoms with Crippen molar-refractivity contribution in [1.29, 1.82) is 0 Å². The van der Waals surface area contributed by atoms with E-state index in [9.17, 15) is 4.79 Å². The molecule has 0 aliphatic carbocycles. The molecule has 8 heteroatoms. The summed E-state index contributed by atoms with van der Waals surface area (Å²) >= 11 is 6.20. The molecule has 1 aliphatic heterocycles. The fraction of sp³-hybridized carbons (Fsp3) is 0.400. The van der Waals surface area contributed by atoms with E-state index < -0.39 is 5.60 Å². The molecule has 0 saturated heterocycles. The van der Waals surface area contributed by atoms with Crippen LogP contribution in [0.2, 0.25) is 5.02 Å². The molecule has 0 bridgehead atoms. The topological polar surface area (TPSA) is 76.7 Å². The maximum atomic E-state index is 13.2. The van der Waals surface area contributed by atoms with E-state index in [0.717, 1.165) is 44.2 Å². The molecular weight excluding hydrogens is 502 g/mol. The van der Waals surface area contributed by atoms with E-state index in [0.29, 0.717) is 30.6 Å². The minimum atomic E-state index is -0.604. The lowest BCUT2D eigenvalue weighted by Gasteiger charge is -2.32. The molecule has 0 fully saturated rings. The van der Waals surface area contributed by atoms with Gasteiger partial charge in [0.15, 0.2) is 0 Å². The van der Waals surface area contributed by atoms with Crippen LogP contribution < -0.4 is 4.74 Å². The third-order valence-electron chi connectivity index (χ3n) is 6.78. The zero-order chi connectivity index (χ0) is 27.2. The van der Waals surface area contributed by atoms with Gasteiger partial charge in [0, 0.05) is 29.6 Å². The van der Waals surface area contributed by atoms with Gasteiger partial charge in [-0.05, 0) is 80.5 Å². The summed E-state index contributed by atoms with van der Waals surface area (Å²) in [6.45, 7) is 11.1. The second-order valence-corrected chi connectivity index (χ2v) is 11.5. The highest BCUT2D eigenvalue weighted by Crippen LogP contribution is 2.42. The summed E-state index contributed by atoms with van der Waals surface area (Å²) in [5.41, 5.74) is 4.39. The van der Waals surface area contributed by atoms with Crippen molar-refractivity contribution in [3.05, 3.63) is 58.9 Å². The number of benzene rings is 3. The van der Waals surface area contributed by atoms with E-state index >= 15 is 0 Å². The number of aromatic amines is 1. The second-order valence-electron chi connectivity index (χ2n) is 11.1. The average Bonchev–Trinajstić information content (AvgIpc) is 3.29. The molecule has 1 N–H and O–H groups in total. The quantitative estimate of drug-likeness (QED) is 0.276. The number of hydrogen-bond donors (Lipinski definition) is 1. The molecule has 4 aromatic rings. The van der Waals surface area contributed by atoms with Gasteiger partial charge in [-0.25, -0.2) is 9.78 Å². The molecule has 0 unspecified atom stereocenters. The largest absolute Gasteiger partial charge is 0.488 e. The van der Waals surface area contributed by atoms with Gasteiger partial charge in [-0.1, -0.05) is 30.7 Å². The first kappa shape index (κ1) is 26.3. The van der Waals surface area contributed by atoms with Gasteiger partial charge < -0.3 is 19.2 Å². The summed E-state index contributed by atoms with van der Waals surface area (Å²) in [4.78, 5) is 23.3. The summed E-state index contributed by atoms with van der Waals surface area (Å²) < 4.78 is 17.2. The predicted molar refractivity (Wildman–Crippen MR) is 151 cm³/mol. The van der Waals surface area contributed by atoms with E-state index in [2.05, 4.69) is 36.2 Å². The van der Waals surface area contributed by atoms with Gasteiger partial charge in [0.25, 0.3) is 0 Å². The Balaban J connectivity index is 1.53. The number of aromatic nitrogens is 2. The number of imidazole rings is 1. The van der Waals surface area contributed by atoms with Crippen molar-refractivity contribution in [1.82, 2.24) is 14.9 Å². The number of nitrogens with zero attached hydrogens (tertiary/aromatic N) is 2. The van der Waals surface area contributed by atoms with Crippen LogP contribution in [-0.2, 0) is 16.1 Å². The highest BCUT2D eigenvalue weighted by atomic mass is 35.5. The molecule has 5 rings (SSSR count). The van der Waals surface area contributed by atoms with Gasteiger partial charge >= 0.3 is 6.09 Å². The van der Waals surface area contributed by atoms with Crippen LogP contribution in [0.5, 0.6) is 5.75 Å². The normalized spacial score (nSPS) is 14.5. The first-order valence-electron chi connectivity index (χ1n) is 12.9. The first-order chi connectivity index (χ1) is 18.0. The molecule has 3 aromatic carbocycles. The third kappa shape index (κ3) is 5.18. The molecule has 1 amide bonds. The Bertz CT molecular complexity index is 1510.